The van der Waals surface area contributed by atoms with E-state index in [0.717, 1.165) is 28.7 Å². The second-order valence-electron chi connectivity index (χ2n) is 9.35. The first kappa shape index (κ1) is 23.8. The third-order valence-electron chi connectivity index (χ3n) is 7.05. The normalized spacial score (nSPS) is 20.2. The Balaban J connectivity index is 1.35. The van der Waals surface area contributed by atoms with Crippen LogP contribution in [0.2, 0.25) is 0 Å². The molecule has 1 heterocycles. The Morgan fingerprint density at radius 2 is 1.71 bits per heavy atom. The molecule has 7 nitrogen and oxygen atoms in total. The molecular weight excluding hydrogens is 432 g/mol. The average molecular weight is 465 g/mol. The molecule has 2 aromatic rings. The van der Waals surface area contributed by atoms with Crippen molar-refractivity contribution in [3.05, 3.63) is 59.7 Å². The van der Waals surface area contributed by atoms with Gasteiger partial charge in [-0.3, -0.25) is 4.79 Å². The van der Waals surface area contributed by atoms with Crippen LogP contribution in [-0.2, 0) is 14.3 Å². The Labute approximate surface area is 200 Å². The minimum atomic E-state index is -0.975. The number of aliphatic carboxylic acids is 1. The summed E-state index contributed by atoms with van der Waals surface area (Å²) in [7, 11) is 0. The van der Waals surface area contributed by atoms with E-state index in [1.165, 1.54) is 4.90 Å². The number of carboxylic acids is 1. The highest BCUT2D eigenvalue weighted by Gasteiger charge is 2.35. The molecule has 2 N–H and O–H groups in total. The van der Waals surface area contributed by atoms with Crippen LogP contribution < -0.4 is 5.32 Å². The molecule has 2 aliphatic rings. The molecular formula is C27H32N2O5. The molecule has 0 spiro atoms. The first-order chi connectivity index (χ1) is 16.4. The molecule has 0 bridgehead atoms. The van der Waals surface area contributed by atoms with E-state index in [9.17, 15) is 19.5 Å². The zero-order chi connectivity index (χ0) is 24.2. The molecule has 2 unspecified atom stereocenters. The van der Waals surface area contributed by atoms with E-state index in [-0.39, 0.29) is 30.8 Å². The smallest absolute Gasteiger partial charge is 0.407 e. The number of carbonyl (C=O) groups excluding carboxylic acids is 2. The van der Waals surface area contributed by atoms with Gasteiger partial charge in [-0.1, -0.05) is 62.4 Å². The number of piperidine rings is 1. The molecule has 2 aromatic carbocycles. The molecule has 180 valence electrons. The molecule has 7 heteroatoms. The van der Waals surface area contributed by atoms with Crippen molar-refractivity contribution in [1.29, 1.82) is 0 Å². The summed E-state index contributed by atoms with van der Waals surface area (Å²) < 4.78 is 5.60. The molecule has 1 fully saturated rings. The van der Waals surface area contributed by atoms with Crippen molar-refractivity contribution in [3.63, 3.8) is 0 Å². The number of nitrogens with one attached hydrogen (secondary N) is 1. The third kappa shape index (κ3) is 4.93. The summed E-state index contributed by atoms with van der Waals surface area (Å²) in [4.78, 5) is 38.6. The fourth-order valence-corrected chi connectivity index (χ4v) is 5.11. The summed E-state index contributed by atoms with van der Waals surface area (Å²) in [5.41, 5.74) is 4.59. The van der Waals surface area contributed by atoms with Gasteiger partial charge in [0.15, 0.2) is 0 Å². The number of ether oxygens (including phenoxy) is 1. The van der Waals surface area contributed by atoms with Crippen molar-refractivity contribution in [1.82, 2.24) is 10.2 Å². The van der Waals surface area contributed by atoms with E-state index in [1.807, 2.05) is 38.1 Å². The molecule has 0 saturated carbocycles. The van der Waals surface area contributed by atoms with Crippen LogP contribution >= 0.6 is 0 Å². The predicted octanol–water partition coefficient (Wildman–Crippen LogP) is 4.41. The van der Waals surface area contributed by atoms with Crippen molar-refractivity contribution in [2.45, 2.75) is 57.5 Å². The lowest BCUT2D eigenvalue weighted by atomic mass is 9.92. The maximum Gasteiger partial charge on any atom is 0.407 e. The van der Waals surface area contributed by atoms with Gasteiger partial charge in [0.25, 0.3) is 0 Å². The van der Waals surface area contributed by atoms with Gasteiger partial charge in [0.05, 0.1) is 0 Å². The van der Waals surface area contributed by atoms with Crippen molar-refractivity contribution in [2.75, 3.05) is 13.2 Å². The van der Waals surface area contributed by atoms with Crippen LogP contribution in [0.5, 0.6) is 0 Å². The number of hydrogen-bond donors (Lipinski definition) is 2. The number of nitrogens with zero attached hydrogens (tertiary/aromatic N) is 1. The molecule has 34 heavy (non-hydrogen) atoms. The molecule has 1 saturated heterocycles. The molecule has 4 rings (SSSR count). The Bertz CT molecular complexity index is 1020. The molecule has 1 aliphatic heterocycles. The van der Waals surface area contributed by atoms with Gasteiger partial charge in [-0.05, 0) is 47.4 Å². The van der Waals surface area contributed by atoms with E-state index in [0.29, 0.717) is 19.4 Å². The SMILES string of the molecule is CC[C@@H](CC(=O)N1CCC(C)CC1C(=O)O)NC(=O)OCC1c2ccccc2-c2ccccc21. The van der Waals surface area contributed by atoms with E-state index >= 15 is 0 Å². The number of likely N-dealkylation sites (tertiary alicyclic amines) is 1. The zero-order valence-electron chi connectivity index (χ0n) is 19.7. The second-order valence-corrected chi connectivity index (χ2v) is 9.35. The lowest BCUT2D eigenvalue weighted by Gasteiger charge is -2.36. The highest BCUT2D eigenvalue weighted by Crippen LogP contribution is 2.44. The number of benzene rings is 2. The second kappa shape index (κ2) is 10.3. The molecule has 2 amide bonds. The Morgan fingerprint density at radius 1 is 1.09 bits per heavy atom. The largest absolute Gasteiger partial charge is 0.480 e. The summed E-state index contributed by atoms with van der Waals surface area (Å²) in [6.07, 6.45) is 1.27. The molecule has 0 radical (unpaired) electrons. The monoisotopic (exact) mass is 464 g/mol. The van der Waals surface area contributed by atoms with Crippen LogP contribution in [0.15, 0.2) is 48.5 Å². The van der Waals surface area contributed by atoms with Crippen molar-refractivity contribution in [3.8, 4) is 11.1 Å². The van der Waals surface area contributed by atoms with Crippen LogP contribution in [0.25, 0.3) is 11.1 Å². The lowest BCUT2D eigenvalue weighted by molar-refractivity contribution is -0.153. The van der Waals surface area contributed by atoms with Gasteiger partial charge in [-0.2, -0.15) is 0 Å². The van der Waals surface area contributed by atoms with Crippen LogP contribution in [0.3, 0.4) is 0 Å². The van der Waals surface area contributed by atoms with Crippen molar-refractivity contribution >= 4 is 18.0 Å². The highest BCUT2D eigenvalue weighted by molar-refractivity contribution is 5.84. The minimum Gasteiger partial charge on any atom is -0.480 e. The Kier molecular flexibility index (Phi) is 7.20. The van der Waals surface area contributed by atoms with Gasteiger partial charge < -0.3 is 20.1 Å². The molecule has 0 aromatic heterocycles. The number of fused-ring (bicyclic) bond motifs is 3. The lowest BCUT2D eigenvalue weighted by Crippen LogP contribution is -2.51. The minimum absolute atomic E-state index is 0.0356. The van der Waals surface area contributed by atoms with Crippen LogP contribution in [0, 0.1) is 5.92 Å². The summed E-state index contributed by atoms with van der Waals surface area (Å²) in [6, 6.07) is 15.1. The summed E-state index contributed by atoms with van der Waals surface area (Å²) >= 11 is 0. The summed E-state index contributed by atoms with van der Waals surface area (Å²) in [5, 5.41) is 12.3. The number of carbonyl (C=O) groups is 3. The van der Waals surface area contributed by atoms with E-state index in [2.05, 4.69) is 29.6 Å². The van der Waals surface area contributed by atoms with E-state index < -0.39 is 24.1 Å². The van der Waals surface area contributed by atoms with Gasteiger partial charge in [0, 0.05) is 24.9 Å². The van der Waals surface area contributed by atoms with Crippen LogP contribution in [-0.4, -0.2) is 53.2 Å². The third-order valence-corrected chi connectivity index (χ3v) is 7.05. The van der Waals surface area contributed by atoms with Gasteiger partial charge >= 0.3 is 12.1 Å². The van der Waals surface area contributed by atoms with Gasteiger partial charge in [0.1, 0.15) is 12.6 Å². The Hall–Kier alpha value is -3.35. The van der Waals surface area contributed by atoms with Crippen molar-refractivity contribution in [2.24, 2.45) is 5.92 Å². The summed E-state index contributed by atoms with van der Waals surface area (Å²) in [5.74, 6) is -0.986. The van der Waals surface area contributed by atoms with Crippen LogP contribution in [0.4, 0.5) is 4.79 Å². The number of alkyl carbamates (subject to hydrolysis) is 1. The number of carboxylic acid groups (broad SMARTS) is 1. The standard InChI is InChI=1S/C27H32N2O5/c1-3-18(15-25(30)29-13-12-17(2)14-24(29)26(31)32)28-27(33)34-16-23-21-10-6-4-8-19(21)20-9-5-7-11-22(20)23/h4-11,17-18,23-24H,3,12-16H2,1-2H3,(H,28,33)(H,31,32)/t17?,18-,24?/m0/s1. The van der Waals surface area contributed by atoms with E-state index in [4.69, 9.17) is 4.74 Å². The number of hydrogen-bond acceptors (Lipinski definition) is 4. The van der Waals surface area contributed by atoms with E-state index in [1.54, 1.807) is 0 Å². The predicted molar refractivity (Wildman–Crippen MR) is 128 cm³/mol. The maximum absolute atomic E-state index is 12.9. The highest BCUT2D eigenvalue weighted by atomic mass is 16.5. The number of rotatable bonds is 7. The molecule has 1 aliphatic carbocycles. The first-order valence-corrected chi connectivity index (χ1v) is 12.0. The van der Waals surface area contributed by atoms with Gasteiger partial charge in [0.2, 0.25) is 5.91 Å². The van der Waals surface area contributed by atoms with Crippen molar-refractivity contribution < 1.29 is 24.2 Å². The average Bonchev–Trinajstić information content (AvgIpc) is 3.15. The summed E-state index contributed by atoms with van der Waals surface area (Å²) in [6.45, 7) is 4.52. The topological polar surface area (TPSA) is 95.9 Å². The first-order valence-electron chi connectivity index (χ1n) is 12.0. The quantitative estimate of drug-likeness (QED) is 0.633. The Morgan fingerprint density at radius 3 is 2.29 bits per heavy atom. The number of amides is 2. The maximum atomic E-state index is 12.9. The zero-order valence-corrected chi connectivity index (χ0v) is 19.7. The van der Waals surface area contributed by atoms with Gasteiger partial charge in [-0.15, -0.1) is 0 Å². The fraction of sp³-hybridized carbons (Fsp3) is 0.444. The van der Waals surface area contributed by atoms with Crippen LogP contribution in [0.1, 0.15) is 56.6 Å². The fourth-order valence-electron chi connectivity index (χ4n) is 5.11. The van der Waals surface area contributed by atoms with Gasteiger partial charge in [-0.25, -0.2) is 9.59 Å². The molecule has 3 atom stereocenters.